The number of ether oxygens (including phenoxy) is 2. The fourth-order valence-corrected chi connectivity index (χ4v) is 12.0. The van der Waals surface area contributed by atoms with Crippen molar-refractivity contribution in [3.8, 4) is 0 Å². The van der Waals surface area contributed by atoms with Gasteiger partial charge in [-0.25, -0.2) is 4.57 Å². The van der Waals surface area contributed by atoms with Gasteiger partial charge in [0, 0.05) is 13.0 Å². The summed E-state index contributed by atoms with van der Waals surface area (Å²) in [4.78, 5) is 23.4. The van der Waals surface area contributed by atoms with E-state index in [2.05, 4.69) is 13.8 Å². The van der Waals surface area contributed by atoms with Crippen LogP contribution in [0.4, 0.5) is 0 Å². The van der Waals surface area contributed by atoms with Gasteiger partial charge < -0.3 is 39.9 Å². The first kappa shape index (κ1) is 74.4. The van der Waals surface area contributed by atoms with E-state index in [0.717, 1.165) is 38.5 Å². The molecule has 0 saturated heterocycles. The van der Waals surface area contributed by atoms with Gasteiger partial charge in [-0.3, -0.25) is 13.8 Å². The van der Waals surface area contributed by atoms with E-state index in [9.17, 15) is 39.8 Å². The predicted molar refractivity (Wildman–Crippen MR) is 318 cm³/mol. The molecule has 1 aliphatic rings. The predicted octanol–water partition coefficient (Wildman–Crippen LogP) is 17.2. The smallest absolute Gasteiger partial charge is 0.457 e. The third kappa shape index (κ3) is 45.5. The van der Waals surface area contributed by atoms with E-state index in [4.69, 9.17) is 18.5 Å². The number of phosphoric acid groups is 1. The number of carbonyl (C=O) groups is 1. The molecule has 1 saturated carbocycles. The molecule has 0 heterocycles. The lowest BCUT2D eigenvalue weighted by molar-refractivity contribution is -0.220. The first-order valence-electron chi connectivity index (χ1n) is 33.4. The molecule has 0 aromatic carbocycles. The van der Waals surface area contributed by atoms with Crippen LogP contribution in [0.3, 0.4) is 0 Å². The zero-order valence-electron chi connectivity index (χ0n) is 50.3. The van der Waals surface area contributed by atoms with Crippen molar-refractivity contribution in [3.63, 3.8) is 0 Å². The molecule has 0 aromatic heterocycles. The number of phosphoric ester groups is 1. The topological polar surface area (TPSA) is 192 Å². The number of hydrogen-bond donors (Lipinski definition) is 6. The molecular weight excluding hydrogens is 992 g/mol. The van der Waals surface area contributed by atoms with E-state index in [1.807, 2.05) is 0 Å². The van der Waals surface area contributed by atoms with Gasteiger partial charge in [-0.05, 0) is 12.8 Å². The number of carbonyl (C=O) groups excluding carboxylic acids is 1. The molecule has 1 aliphatic carbocycles. The molecule has 13 heteroatoms. The molecule has 8 atom stereocenters. The minimum atomic E-state index is -5.02. The number of aliphatic hydroxyl groups is 5. The Morgan fingerprint density at radius 2 is 0.610 bits per heavy atom. The highest BCUT2D eigenvalue weighted by Crippen LogP contribution is 2.47. The fourth-order valence-electron chi connectivity index (χ4n) is 11.0. The van der Waals surface area contributed by atoms with E-state index < -0.39 is 63.1 Å². The zero-order valence-corrected chi connectivity index (χ0v) is 51.2. The molecule has 12 nitrogen and oxygen atoms in total. The van der Waals surface area contributed by atoms with Crippen molar-refractivity contribution in [2.45, 2.75) is 384 Å². The lowest BCUT2D eigenvalue weighted by atomic mass is 9.85. The third-order valence-electron chi connectivity index (χ3n) is 16.2. The third-order valence-corrected chi connectivity index (χ3v) is 17.2. The van der Waals surface area contributed by atoms with Gasteiger partial charge in [0.25, 0.3) is 0 Å². The standard InChI is InChI=1S/C64H127O12P/c1-3-5-7-9-11-13-15-17-19-21-23-25-26-27-28-29-30-31-32-33-34-35-37-39-41-43-45-47-49-51-53-58(65)75-57(56-74-77(71,72)76-64-62(69)60(67)59(66)61(68)63(64)70)55-73-54-52-50-48-46-44-42-40-38-36-24-22-20-18-16-14-12-10-8-6-4-2/h57,59-64,66-70H,3-56H2,1-2H3,(H,71,72)/t57-,59?,60-,61?,62?,63?,64?/m1/s1. The summed E-state index contributed by atoms with van der Waals surface area (Å²) >= 11 is 0. The average molecular weight is 1120 g/mol. The van der Waals surface area contributed by atoms with Crippen molar-refractivity contribution in [2.24, 2.45) is 0 Å². The fraction of sp³-hybridized carbons (Fsp3) is 0.984. The van der Waals surface area contributed by atoms with Crippen molar-refractivity contribution < 1.29 is 58.3 Å². The van der Waals surface area contributed by atoms with Crippen LogP contribution in [0.25, 0.3) is 0 Å². The van der Waals surface area contributed by atoms with E-state index in [-0.39, 0.29) is 13.0 Å². The summed E-state index contributed by atoms with van der Waals surface area (Å²) in [5, 5.41) is 50.5. The summed E-state index contributed by atoms with van der Waals surface area (Å²) in [7, 11) is -5.02. The van der Waals surface area contributed by atoms with Crippen LogP contribution in [-0.2, 0) is 27.9 Å². The van der Waals surface area contributed by atoms with Gasteiger partial charge in [-0.1, -0.05) is 322 Å². The molecule has 77 heavy (non-hydrogen) atoms. The Bertz CT molecular complexity index is 1280. The molecule has 1 fully saturated rings. The van der Waals surface area contributed by atoms with E-state index >= 15 is 0 Å². The molecule has 1 rings (SSSR count). The molecule has 0 aliphatic heterocycles. The van der Waals surface area contributed by atoms with Gasteiger partial charge in [0.15, 0.2) is 0 Å². The lowest BCUT2D eigenvalue weighted by Gasteiger charge is -2.41. The second-order valence-electron chi connectivity index (χ2n) is 23.7. The number of esters is 1. The normalized spacial score (nSPS) is 19.9. The number of rotatable bonds is 60. The molecule has 6 unspecified atom stereocenters. The first-order valence-corrected chi connectivity index (χ1v) is 34.9. The number of unbranched alkanes of at least 4 members (excludes halogenated alkanes) is 48. The molecular formula is C64H127O12P. The van der Waals surface area contributed by atoms with Crippen LogP contribution in [0.5, 0.6) is 0 Å². The van der Waals surface area contributed by atoms with Gasteiger partial charge in [-0.15, -0.1) is 0 Å². The first-order chi connectivity index (χ1) is 37.5. The molecule has 0 spiro atoms. The molecule has 460 valence electrons. The zero-order chi connectivity index (χ0) is 56.1. The lowest BCUT2D eigenvalue weighted by Crippen LogP contribution is -2.64. The monoisotopic (exact) mass is 1120 g/mol. The second-order valence-corrected chi connectivity index (χ2v) is 25.1. The van der Waals surface area contributed by atoms with Crippen molar-refractivity contribution >= 4 is 13.8 Å². The Balaban J connectivity index is 2.17. The van der Waals surface area contributed by atoms with Crippen LogP contribution in [0.15, 0.2) is 0 Å². The van der Waals surface area contributed by atoms with Crippen LogP contribution < -0.4 is 0 Å². The minimum absolute atomic E-state index is 0.0667. The van der Waals surface area contributed by atoms with Gasteiger partial charge in [0.05, 0.1) is 13.2 Å². The highest BCUT2D eigenvalue weighted by atomic mass is 31.2. The molecule has 0 radical (unpaired) electrons. The summed E-state index contributed by atoms with van der Waals surface area (Å²) in [6, 6.07) is 0. The van der Waals surface area contributed by atoms with Crippen LogP contribution in [0.1, 0.15) is 341 Å². The van der Waals surface area contributed by atoms with E-state index in [0.29, 0.717) is 13.0 Å². The largest absolute Gasteiger partial charge is 0.472 e. The van der Waals surface area contributed by atoms with Gasteiger partial charge in [0.1, 0.15) is 42.7 Å². The van der Waals surface area contributed by atoms with Crippen LogP contribution in [-0.4, -0.2) is 98.9 Å². The van der Waals surface area contributed by atoms with Crippen molar-refractivity contribution in [3.05, 3.63) is 0 Å². The number of aliphatic hydroxyl groups excluding tert-OH is 5. The van der Waals surface area contributed by atoms with Gasteiger partial charge in [0.2, 0.25) is 0 Å². The van der Waals surface area contributed by atoms with Crippen molar-refractivity contribution in [1.82, 2.24) is 0 Å². The Labute approximate surface area is 474 Å². The summed E-state index contributed by atoms with van der Waals surface area (Å²) in [5.74, 6) is -0.465. The van der Waals surface area contributed by atoms with Crippen molar-refractivity contribution in [2.75, 3.05) is 19.8 Å². The van der Waals surface area contributed by atoms with Crippen LogP contribution >= 0.6 is 7.82 Å². The van der Waals surface area contributed by atoms with E-state index in [1.165, 1.54) is 276 Å². The SMILES string of the molecule is CCCCCCCCCCCCCCCCCCCCCCCCCCCCCCCCC(=O)O[C@H](COCCCCCCCCCCCCCCCCCCCCCC)COP(=O)(O)OC1C(O)C(O)C(O)[C@@H](O)C1O. The maximum absolute atomic E-state index is 12.9. The quantitative estimate of drug-likeness (QED) is 0.0192. The van der Waals surface area contributed by atoms with Crippen LogP contribution in [0, 0.1) is 0 Å². The Morgan fingerprint density at radius 1 is 0.364 bits per heavy atom. The summed E-state index contributed by atoms with van der Waals surface area (Å²) < 4.78 is 34.5. The maximum Gasteiger partial charge on any atom is 0.472 e. The van der Waals surface area contributed by atoms with Crippen molar-refractivity contribution in [1.29, 1.82) is 0 Å². The Kier molecular flexibility index (Phi) is 52.7. The summed E-state index contributed by atoms with van der Waals surface area (Å²) in [5.41, 5.74) is 0. The molecule has 0 bridgehead atoms. The van der Waals surface area contributed by atoms with Crippen LogP contribution in [0.2, 0.25) is 0 Å². The minimum Gasteiger partial charge on any atom is -0.457 e. The average Bonchev–Trinajstić information content (AvgIpc) is 3.43. The van der Waals surface area contributed by atoms with E-state index in [1.54, 1.807) is 0 Å². The van der Waals surface area contributed by atoms with Gasteiger partial charge >= 0.3 is 13.8 Å². The highest BCUT2D eigenvalue weighted by Gasteiger charge is 2.51. The Morgan fingerprint density at radius 3 is 0.896 bits per heavy atom. The molecule has 0 aromatic rings. The Hall–Kier alpha value is -0.660. The van der Waals surface area contributed by atoms with Gasteiger partial charge in [-0.2, -0.15) is 0 Å². The highest BCUT2D eigenvalue weighted by molar-refractivity contribution is 7.47. The maximum atomic E-state index is 12.9. The molecule has 6 N–H and O–H groups in total. The second kappa shape index (κ2) is 54.6. The summed E-state index contributed by atoms with van der Waals surface area (Å²) in [6.45, 7) is 4.36. The molecule has 0 amide bonds. The number of hydrogen-bond acceptors (Lipinski definition) is 11. The summed E-state index contributed by atoms with van der Waals surface area (Å²) in [6.07, 6.45) is 53.5.